The minimum atomic E-state index is -1.43. The van der Waals surface area contributed by atoms with Gasteiger partial charge in [0.05, 0.1) is 26.1 Å². The topological polar surface area (TPSA) is 239 Å². The van der Waals surface area contributed by atoms with Gasteiger partial charge in [-0.2, -0.15) is 0 Å². The number of aliphatic carboxylic acids is 5. The third-order valence-corrected chi connectivity index (χ3v) is 6.23. The van der Waals surface area contributed by atoms with E-state index in [0.29, 0.717) is 13.0 Å². The standard InChI is InChI=1S/C25H44N4O11/c26-20(30)15-19(25(39)40)29(18-24(37)38)14-13-27(11-12-28(16-22(33)34)17-23(35)36)10-8-6-4-2-1-3-5-7-9-21(31)32/h19H,1-18H2,(H2,26,30)(H,31,32)(H,33,34)(H,35,36)(H,37,38)(H,39,40). The average molecular weight is 577 g/mol. The fourth-order valence-electron chi connectivity index (χ4n) is 4.24. The van der Waals surface area contributed by atoms with Gasteiger partial charge in [0.1, 0.15) is 6.04 Å². The molecule has 15 nitrogen and oxygen atoms in total. The number of hydrogen-bond donors (Lipinski definition) is 6. The molecule has 0 saturated heterocycles. The Bertz CT molecular complexity index is 809. The molecule has 0 aliphatic heterocycles. The van der Waals surface area contributed by atoms with Crippen LogP contribution in [0, 0.1) is 0 Å². The lowest BCUT2D eigenvalue weighted by Gasteiger charge is -2.31. The summed E-state index contributed by atoms with van der Waals surface area (Å²) in [6, 6.07) is -1.43. The second kappa shape index (κ2) is 21.5. The summed E-state index contributed by atoms with van der Waals surface area (Å²) in [7, 11) is 0. The molecule has 1 unspecified atom stereocenters. The van der Waals surface area contributed by atoms with Crippen molar-refractivity contribution in [2.75, 3.05) is 52.4 Å². The van der Waals surface area contributed by atoms with Crippen LogP contribution < -0.4 is 5.73 Å². The summed E-state index contributed by atoms with van der Waals surface area (Å²) in [5, 5.41) is 45.6. The van der Waals surface area contributed by atoms with Crippen molar-refractivity contribution in [1.29, 1.82) is 0 Å². The molecule has 7 N–H and O–H groups in total. The van der Waals surface area contributed by atoms with Gasteiger partial charge in [0.25, 0.3) is 0 Å². The van der Waals surface area contributed by atoms with Crippen LogP contribution in [0.3, 0.4) is 0 Å². The summed E-state index contributed by atoms with van der Waals surface area (Å²) < 4.78 is 0. The van der Waals surface area contributed by atoms with Crippen LogP contribution in [0.25, 0.3) is 0 Å². The molecule has 0 aromatic rings. The van der Waals surface area contributed by atoms with Gasteiger partial charge in [-0.3, -0.25) is 38.6 Å². The minimum Gasteiger partial charge on any atom is -0.481 e. The first-order valence-electron chi connectivity index (χ1n) is 13.4. The molecule has 40 heavy (non-hydrogen) atoms. The molecule has 15 heteroatoms. The quantitative estimate of drug-likeness (QED) is 0.0709. The van der Waals surface area contributed by atoms with Gasteiger partial charge in [0, 0.05) is 32.6 Å². The van der Waals surface area contributed by atoms with Crippen molar-refractivity contribution >= 4 is 35.8 Å². The van der Waals surface area contributed by atoms with E-state index in [9.17, 15) is 39.0 Å². The van der Waals surface area contributed by atoms with Crippen LogP contribution in [-0.2, 0) is 28.8 Å². The zero-order valence-electron chi connectivity index (χ0n) is 22.9. The second-order valence-electron chi connectivity index (χ2n) is 9.70. The van der Waals surface area contributed by atoms with Gasteiger partial charge in [-0.15, -0.1) is 0 Å². The first-order valence-corrected chi connectivity index (χ1v) is 13.4. The number of hydrogen-bond acceptors (Lipinski definition) is 9. The van der Waals surface area contributed by atoms with Crippen LogP contribution in [-0.4, -0.2) is 134 Å². The Morgan fingerprint density at radius 2 is 0.975 bits per heavy atom. The summed E-state index contributed by atoms with van der Waals surface area (Å²) >= 11 is 0. The third kappa shape index (κ3) is 20.6. The van der Waals surface area contributed by atoms with Crippen molar-refractivity contribution in [3.63, 3.8) is 0 Å². The van der Waals surface area contributed by atoms with Gasteiger partial charge in [-0.05, 0) is 19.4 Å². The Hall–Kier alpha value is -3.30. The zero-order valence-corrected chi connectivity index (χ0v) is 22.9. The van der Waals surface area contributed by atoms with Crippen LogP contribution in [0.15, 0.2) is 0 Å². The first kappa shape index (κ1) is 36.7. The largest absolute Gasteiger partial charge is 0.481 e. The smallest absolute Gasteiger partial charge is 0.321 e. The van der Waals surface area contributed by atoms with Crippen LogP contribution in [0.2, 0.25) is 0 Å². The highest BCUT2D eigenvalue weighted by Gasteiger charge is 2.29. The van der Waals surface area contributed by atoms with E-state index in [1.54, 1.807) is 0 Å². The lowest BCUT2D eigenvalue weighted by Crippen LogP contribution is -2.49. The Morgan fingerprint density at radius 1 is 0.525 bits per heavy atom. The number of carboxylic acid groups (broad SMARTS) is 5. The van der Waals surface area contributed by atoms with E-state index in [4.69, 9.17) is 21.1 Å². The van der Waals surface area contributed by atoms with Crippen molar-refractivity contribution < 1.29 is 54.3 Å². The van der Waals surface area contributed by atoms with Crippen LogP contribution in [0.5, 0.6) is 0 Å². The molecule has 230 valence electrons. The normalized spacial score (nSPS) is 12.1. The van der Waals surface area contributed by atoms with E-state index in [2.05, 4.69) is 0 Å². The molecular weight excluding hydrogens is 532 g/mol. The van der Waals surface area contributed by atoms with Crippen molar-refractivity contribution in [1.82, 2.24) is 14.7 Å². The van der Waals surface area contributed by atoms with Gasteiger partial charge < -0.3 is 36.2 Å². The summed E-state index contributed by atoms with van der Waals surface area (Å²) in [5.41, 5.74) is 5.16. The molecule has 0 aromatic heterocycles. The zero-order chi connectivity index (χ0) is 30.5. The number of rotatable bonds is 27. The maximum Gasteiger partial charge on any atom is 0.321 e. The Labute approximate surface area is 233 Å². The van der Waals surface area contributed by atoms with Gasteiger partial charge in [-0.25, -0.2) is 0 Å². The summed E-state index contributed by atoms with van der Waals surface area (Å²) in [4.78, 5) is 71.5. The highest BCUT2D eigenvalue weighted by molar-refractivity contribution is 5.84. The number of carbonyl (C=O) groups is 6. The van der Waals surface area contributed by atoms with E-state index < -0.39 is 67.9 Å². The molecule has 0 fully saturated rings. The number of carboxylic acids is 5. The van der Waals surface area contributed by atoms with Gasteiger partial charge >= 0.3 is 29.8 Å². The van der Waals surface area contributed by atoms with Gasteiger partial charge in [0.15, 0.2) is 0 Å². The molecule has 0 aliphatic carbocycles. The van der Waals surface area contributed by atoms with Gasteiger partial charge in [-0.1, -0.05) is 38.5 Å². The molecule has 0 aromatic carbocycles. The maximum absolute atomic E-state index is 11.7. The SMILES string of the molecule is NC(=O)CC(C(=O)O)N(CCN(CCCCCCCCCCC(=O)O)CCN(CC(=O)O)CC(=O)O)CC(=O)O. The molecule has 0 rings (SSSR count). The number of nitrogens with zero attached hydrogens (tertiary/aromatic N) is 3. The molecule has 0 spiro atoms. The Morgan fingerprint density at radius 3 is 1.43 bits per heavy atom. The fraction of sp³-hybridized carbons (Fsp3) is 0.760. The number of primary amides is 1. The van der Waals surface area contributed by atoms with Crippen LogP contribution >= 0.6 is 0 Å². The average Bonchev–Trinajstić information content (AvgIpc) is 2.82. The minimum absolute atomic E-state index is 0.0231. The molecule has 0 aliphatic rings. The summed E-state index contributed by atoms with van der Waals surface area (Å²) in [6.45, 7) is -0.501. The highest BCUT2D eigenvalue weighted by Crippen LogP contribution is 2.11. The first-order chi connectivity index (χ1) is 18.8. The van der Waals surface area contributed by atoms with Crippen molar-refractivity contribution in [2.24, 2.45) is 5.73 Å². The number of nitrogens with two attached hydrogens (primary N) is 1. The van der Waals surface area contributed by atoms with Crippen LogP contribution in [0.1, 0.15) is 64.2 Å². The highest BCUT2D eigenvalue weighted by atomic mass is 16.4. The molecule has 0 bridgehead atoms. The predicted molar refractivity (Wildman–Crippen MR) is 142 cm³/mol. The predicted octanol–water partition coefficient (Wildman–Crippen LogP) is 0.0703. The van der Waals surface area contributed by atoms with Crippen molar-refractivity contribution in [3.8, 4) is 0 Å². The molecule has 1 atom stereocenters. The molecular formula is C25H44N4O11. The van der Waals surface area contributed by atoms with E-state index in [0.717, 1.165) is 49.8 Å². The summed E-state index contributed by atoms with van der Waals surface area (Å²) in [5.74, 6) is -6.71. The molecule has 0 saturated carbocycles. The van der Waals surface area contributed by atoms with E-state index in [1.807, 2.05) is 4.90 Å². The fourth-order valence-corrected chi connectivity index (χ4v) is 4.24. The van der Waals surface area contributed by atoms with E-state index in [-0.39, 0.29) is 32.6 Å². The number of unbranched alkanes of at least 4 members (excludes halogenated alkanes) is 7. The maximum atomic E-state index is 11.7. The number of carbonyl (C=O) groups excluding carboxylic acids is 1. The third-order valence-electron chi connectivity index (χ3n) is 6.23. The Kier molecular flexibility index (Phi) is 19.7. The molecule has 0 heterocycles. The second-order valence-corrected chi connectivity index (χ2v) is 9.70. The lowest BCUT2D eigenvalue weighted by atomic mass is 10.1. The van der Waals surface area contributed by atoms with Gasteiger partial charge in [0.2, 0.25) is 5.91 Å². The monoisotopic (exact) mass is 576 g/mol. The molecule has 0 radical (unpaired) electrons. The molecule has 1 amide bonds. The summed E-state index contributed by atoms with van der Waals surface area (Å²) in [6.07, 6.45) is 6.63. The van der Waals surface area contributed by atoms with Crippen molar-refractivity contribution in [2.45, 2.75) is 70.3 Å². The lowest BCUT2D eigenvalue weighted by molar-refractivity contribution is -0.148. The van der Waals surface area contributed by atoms with Crippen molar-refractivity contribution in [3.05, 3.63) is 0 Å². The van der Waals surface area contributed by atoms with E-state index >= 15 is 0 Å². The number of amides is 1. The van der Waals surface area contributed by atoms with E-state index in [1.165, 1.54) is 4.90 Å². The Balaban J connectivity index is 5.12. The van der Waals surface area contributed by atoms with Crippen LogP contribution in [0.4, 0.5) is 0 Å².